The monoisotopic (exact) mass is 186 g/mol. The molecule has 0 aromatic heterocycles. The van der Waals surface area contributed by atoms with Gasteiger partial charge in [0.15, 0.2) is 0 Å². The Morgan fingerprint density at radius 3 is 2.33 bits per heavy atom. The number of rotatable bonds is 6. The smallest absolute Gasteiger partial charge is 0.0205 e. The molecule has 0 N–H and O–H groups in total. The van der Waals surface area contributed by atoms with Crippen molar-refractivity contribution in [1.29, 1.82) is 0 Å². The van der Waals surface area contributed by atoms with E-state index in [-0.39, 0.29) is 0 Å². The van der Waals surface area contributed by atoms with Gasteiger partial charge in [-0.3, -0.25) is 0 Å². The summed E-state index contributed by atoms with van der Waals surface area (Å²) in [5.41, 5.74) is 1.42. The van der Waals surface area contributed by atoms with E-state index in [0.29, 0.717) is 5.92 Å². The molecule has 0 heterocycles. The lowest BCUT2D eigenvalue weighted by atomic mass is 9.89. The molecule has 0 nitrogen and oxygen atoms in total. The molecule has 2 unspecified atom stereocenters. The van der Waals surface area contributed by atoms with Crippen molar-refractivity contribution in [3.8, 4) is 0 Å². The first-order valence-corrected chi connectivity index (χ1v) is 6.43. The second kappa shape index (κ2) is 6.66. The maximum absolute atomic E-state index is 4.11. The number of hydrogen-bond acceptors (Lipinski definition) is 0. The van der Waals surface area contributed by atoms with Gasteiger partial charge in [-0.1, -0.05) is 39.8 Å². The lowest BCUT2D eigenvalue weighted by Gasteiger charge is -2.21. The van der Waals surface area contributed by atoms with Crippen molar-refractivity contribution >= 4 is 8.58 Å². The average molecular weight is 186 g/mol. The van der Waals surface area contributed by atoms with Gasteiger partial charge in [0.05, 0.1) is 0 Å². The van der Waals surface area contributed by atoms with E-state index in [4.69, 9.17) is 0 Å². The van der Waals surface area contributed by atoms with E-state index in [1.807, 2.05) is 0 Å². The first-order valence-electron chi connectivity index (χ1n) is 5.01. The van der Waals surface area contributed by atoms with Crippen molar-refractivity contribution in [2.75, 3.05) is 12.3 Å². The first-order chi connectivity index (χ1) is 5.63. The standard InChI is InChI=1S/C11H23P/c1-6-9(3)11(5)10(4)8-12-7-2/h10-12H,3,6-8H2,1-2,4-5H3/t10-,11?/m0/s1. The highest BCUT2D eigenvalue weighted by atomic mass is 31.1. The molecule has 0 amide bonds. The van der Waals surface area contributed by atoms with E-state index in [2.05, 4.69) is 34.3 Å². The second-order valence-corrected chi connectivity index (χ2v) is 5.20. The fourth-order valence-electron chi connectivity index (χ4n) is 1.27. The van der Waals surface area contributed by atoms with E-state index in [9.17, 15) is 0 Å². The maximum atomic E-state index is 4.11. The topological polar surface area (TPSA) is 0 Å². The molecule has 0 spiro atoms. The molecular formula is C11H23P. The largest absolute Gasteiger partial charge is 0.122 e. The molecule has 0 aromatic rings. The first kappa shape index (κ1) is 12.2. The molecule has 0 saturated carbocycles. The predicted molar refractivity (Wildman–Crippen MR) is 61.5 cm³/mol. The van der Waals surface area contributed by atoms with Gasteiger partial charge in [0.1, 0.15) is 0 Å². The SMILES string of the molecule is C=C(CC)C(C)[C@@H](C)CPCC. The number of allylic oxidation sites excluding steroid dienone is 1. The van der Waals surface area contributed by atoms with Crippen molar-refractivity contribution in [2.45, 2.75) is 34.1 Å². The van der Waals surface area contributed by atoms with Crippen LogP contribution in [0.15, 0.2) is 12.2 Å². The van der Waals surface area contributed by atoms with Gasteiger partial charge in [0, 0.05) is 0 Å². The Bertz CT molecular complexity index is 129. The lowest BCUT2D eigenvalue weighted by molar-refractivity contribution is 0.478. The summed E-state index contributed by atoms with van der Waals surface area (Å²) in [6.45, 7) is 13.2. The van der Waals surface area contributed by atoms with Crippen LogP contribution in [0.1, 0.15) is 34.1 Å². The van der Waals surface area contributed by atoms with Crippen molar-refractivity contribution in [3.05, 3.63) is 12.2 Å². The van der Waals surface area contributed by atoms with Crippen molar-refractivity contribution in [1.82, 2.24) is 0 Å². The summed E-state index contributed by atoms with van der Waals surface area (Å²) < 4.78 is 0. The minimum Gasteiger partial charge on any atom is -0.122 e. The Balaban J connectivity index is 3.75. The van der Waals surface area contributed by atoms with Gasteiger partial charge < -0.3 is 0 Å². The third-order valence-electron chi connectivity index (χ3n) is 2.67. The molecule has 0 rings (SSSR count). The molecular weight excluding hydrogens is 163 g/mol. The van der Waals surface area contributed by atoms with Crippen LogP contribution in [0.2, 0.25) is 0 Å². The molecule has 3 atom stereocenters. The zero-order valence-electron chi connectivity index (χ0n) is 8.98. The highest BCUT2D eigenvalue weighted by molar-refractivity contribution is 7.37. The van der Waals surface area contributed by atoms with E-state index in [0.717, 1.165) is 20.9 Å². The van der Waals surface area contributed by atoms with Crippen LogP contribution in [0.5, 0.6) is 0 Å². The van der Waals surface area contributed by atoms with Crippen LogP contribution in [0.4, 0.5) is 0 Å². The maximum Gasteiger partial charge on any atom is -0.0205 e. The average Bonchev–Trinajstić information content (AvgIpc) is 2.11. The third kappa shape index (κ3) is 4.26. The fourth-order valence-corrected chi connectivity index (χ4v) is 2.37. The minimum atomic E-state index is 0.717. The predicted octanol–water partition coefficient (Wildman–Crippen LogP) is 3.92. The van der Waals surface area contributed by atoms with E-state index < -0.39 is 0 Å². The third-order valence-corrected chi connectivity index (χ3v) is 4.10. The van der Waals surface area contributed by atoms with Gasteiger partial charge in [0.25, 0.3) is 0 Å². The molecule has 0 fully saturated rings. The Labute approximate surface area is 79.6 Å². The fraction of sp³-hybridized carbons (Fsp3) is 0.818. The van der Waals surface area contributed by atoms with Crippen LogP contribution in [0.25, 0.3) is 0 Å². The van der Waals surface area contributed by atoms with Gasteiger partial charge >= 0.3 is 0 Å². The normalized spacial score (nSPS) is 16.7. The van der Waals surface area contributed by atoms with Gasteiger partial charge in [-0.2, -0.15) is 0 Å². The minimum absolute atomic E-state index is 0.717. The molecule has 0 aliphatic rings. The molecule has 0 bridgehead atoms. The van der Waals surface area contributed by atoms with Crippen LogP contribution in [0.3, 0.4) is 0 Å². The van der Waals surface area contributed by atoms with Crippen LogP contribution in [-0.2, 0) is 0 Å². The summed E-state index contributed by atoms with van der Waals surface area (Å²) in [6, 6.07) is 0. The second-order valence-electron chi connectivity index (χ2n) is 3.59. The molecule has 0 aliphatic carbocycles. The zero-order valence-corrected chi connectivity index (χ0v) is 9.98. The molecule has 0 aromatic carbocycles. The molecule has 12 heavy (non-hydrogen) atoms. The van der Waals surface area contributed by atoms with E-state index >= 15 is 0 Å². The summed E-state index contributed by atoms with van der Waals surface area (Å²) in [7, 11) is 1.14. The van der Waals surface area contributed by atoms with Crippen molar-refractivity contribution < 1.29 is 0 Å². The highest BCUT2D eigenvalue weighted by Gasteiger charge is 2.12. The summed E-state index contributed by atoms with van der Waals surface area (Å²) in [4.78, 5) is 0. The van der Waals surface area contributed by atoms with E-state index in [1.54, 1.807) is 0 Å². The summed E-state index contributed by atoms with van der Waals surface area (Å²) in [6.07, 6.45) is 3.87. The van der Waals surface area contributed by atoms with Crippen molar-refractivity contribution in [3.63, 3.8) is 0 Å². The van der Waals surface area contributed by atoms with Gasteiger partial charge in [-0.05, 0) is 30.6 Å². The van der Waals surface area contributed by atoms with Crippen LogP contribution < -0.4 is 0 Å². The van der Waals surface area contributed by atoms with Crippen molar-refractivity contribution in [2.24, 2.45) is 11.8 Å². The summed E-state index contributed by atoms with van der Waals surface area (Å²) in [5, 5.41) is 0. The molecule has 72 valence electrons. The van der Waals surface area contributed by atoms with Crippen LogP contribution in [-0.4, -0.2) is 12.3 Å². The molecule has 0 saturated heterocycles. The summed E-state index contributed by atoms with van der Waals surface area (Å²) in [5.74, 6) is 1.55. The van der Waals surface area contributed by atoms with Crippen LogP contribution in [0, 0.1) is 11.8 Å². The Morgan fingerprint density at radius 1 is 1.33 bits per heavy atom. The summed E-state index contributed by atoms with van der Waals surface area (Å²) >= 11 is 0. The molecule has 1 heteroatoms. The Morgan fingerprint density at radius 2 is 1.92 bits per heavy atom. The molecule has 0 radical (unpaired) electrons. The zero-order chi connectivity index (χ0) is 9.56. The van der Waals surface area contributed by atoms with Crippen LogP contribution >= 0.6 is 8.58 Å². The van der Waals surface area contributed by atoms with Gasteiger partial charge in [-0.15, -0.1) is 8.58 Å². The number of hydrogen-bond donors (Lipinski definition) is 0. The Hall–Kier alpha value is 0.170. The molecule has 0 aliphatic heterocycles. The lowest BCUT2D eigenvalue weighted by Crippen LogP contribution is -2.11. The quantitative estimate of drug-likeness (QED) is 0.435. The van der Waals surface area contributed by atoms with Gasteiger partial charge in [0.2, 0.25) is 0 Å². The highest BCUT2D eigenvalue weighted by Crippen LogP contribution is 2.26. The van der Waals surface area contributed by atoms with E-state index in [1.165, 1.54) is 17.9 Å². The van der Waals surface area contributed by atoms with Gasteiger partial charge in [-0.25, -0.2) is 0 Å². The Kier molecular flexibility index (Phi) is 6.76.